The van der Waals surface area contributed by atoms with E-state index < -0.39 is 5.91 Å². The van der Waals surface area contributed by atoms with E-state index in [-0.39, 0.29) is 6.42 Å². The van der Waals surface area contributed by atoms with Crippen LogP contribution < -0.4 is 0 Å². The Bertz CT molecular complexity index is 94.0. The summed E-state index contributed by atoms with van der Waals surface area (Å²) in [5, 5.41) is 2.96. The normalized spacial score (nSPS) is 8.62. The van der Waals surface area contributed by atoms with E-state index in [1.54, 1.807) is 0 Å². The van der Waals surface area contributed by atoms with Crippen molar-refractivity contribution in [1.29, 1.82) is 0 Å². The van der Waals surface area contributed by atoms with Crippen molar-refractivity contribution in [1.82, 2.24) is 0 Å². The zero-order chi connectivity index (χ0) is 6.41. The van der Waals surface area contributed by atoms with Gasteiger partial charge in [0.1, 0.15) is 0 Å². The molecule has 8 heavy (non-hydrogen) atoms. The molecular formula is C4H6BrNO2. The highest BCUT2D eigenvalue weighted by Gasteiger charge is 1.96. The van der Waals surface area contributed by atoms with Crippen LogP contribution in [0.25, 0.3) is 0 Å². The average Bonchev–Trinajstić information content (AvgIpc) is 1.83. The Morgan fingerprint density at radius 2 is 2.25 bits per heavy atom. The van der Waals surface area contributed by atoms with Crippen LogP contribution in [0.4, 0.5) is 0 Å². The first kappa shape index (κ1) is 7.75. The number of carbonyl (C=O) groups is 1. The topological polar surface area (TPSA) is 46.5 Å². The van der Waals surface area contributed by atoms with Gasteiger partial charge in [0.2, 0.25) is 0 Å². The maximum Gasteiger partial charge on any atom is 0.286 e. The van der Waals surface area contributed by atoms with Crippen LogP contribution in [0.15, 0.2) is 5.18 Å². The summed E-state index contributed by atoms with van der Waals surface area (Å²) in [5.41, 5.74) is 0. The number of amides is 1. The number of rotatable bonds is 3. The smallest absolute Gasteiger partial charge is 0.269 e. The largest absolute Gasteiger partial charge is 0.286 e. The molecule has 0 heterocycles. The number of halogens is 1. The van der Waals surface area contributed by atoms with Gasteiger partial charge in [0.05, 0.1) is 0 Å². The minimum atomic E-state index is -0.565. The molecular weight excluding hydrogens is 174 g/mol. The number of hydrogen-bond acceptors (Lipinski definition) is 2. The molecule has 3 nitrogen and oxygen atoms in total. The summed E-state index contributed by atoms with van der Waals surface area (Å²) in [6, 6.07) is 0. The molecule has 0 saturated carbocycles. The summed E-state index contributed by atoms with van der Waals surface area (Å²) >= 11 is 3.11. The number of hydrogen-bond donors (Lipinski definition) is 0. The van der Waals surface area contributed by atoms with E-state index in [2.05, 4.69) is 21.1 Å². The Labute approximate surface area is 55.6 Å². The second-order valence-corrected chi connectivity index (χ2v) is 2.07. The van der Waals surface area contributed by atoms with Gasteiger partial charge >= 0.3 is 0 Å². The Morgan fingerprint density at radius 1 is 1.62 bits per heavy atom. The number of nitrogens with zero attached hydrogens (tertiary/aromatic N) is 1. The van der Waals surface area contributed by atoms with Crippen molar-refractivity contribution in [3.05, 3.63) is 4.91 Å². The molecule has 0 aromatic heterocycles. The van der Waals surface area contributed by atoms with Crippen molar-refractivity contribution < 1.29 is 4.79 Å². The summed E-state index contributed by atoms with van der Waals surface area (Å²) < 4.78 is 0. The van der Waals surface area contributed by atoms with E-state index in [0.29, 0.717) is 6.42 Å². The second-order valence-electron chi connectivity index (χ2n) is 1.28. The number of nitroso groups, excluding NO2 is 1. The number of carbonyl (C=O) groups excluding carboxylic acids is 1. The van der Waals surface area contributed by atoms with Crippen molar-refractivity contribution in [2.24, 2.45) is 5.18 Å². The van der Waals surface area contributed by atoms with Gasteiger partial charge in [0, 0.05) is 16.9 Å². The van der Waals surface area contributed by atoms with E-state index in [1.807, 2.05) is 0 Å². The first-order valence-corrected chi connectivity index (χ1v) is 3.35. The molecule has 0 spiro atoms. The molecule has 0 atom stereocenters. The summed E-state index contributed by atoms with van der Waals surface area (Å²) in [7, 11) is 0. The second kappa shape index (κ2) is 4.90. The van der Waals surface area contributed by atoms with Crippen LogP contribution in [-0.4, -0.2) is 11.2 Å². The molecule has 0 fully saturated rings. The maximum absolute atomic E-state index is 10.1. The fourth-order valence-electron chi connectivity index (χ4n) is 0.264. The SMILES string of the molecule is O=NC(=O)CCCBr. The third kappa shape index (κ3) is 3.92. The standard InChI is InChI=1S/C4H6BrNO2/c5-3-1-2-4(7)6-8/h1-3H2. The third-order valence-corrected chi connectivity index (χ3v) is 1.19. The first-order chi connectivity index (χ1) is 3.81. The summed E-state index contributed by atoms with van der Waals surface area (Å²) in [6.45, 7) is 0. The Balaban J connectivity index is 3.11. The van der Waals surface area contributed by atoms with Gasteiger partial charge in [-0.3, -0.25) is 4.79 Å². The van der Waals surface area contributed by atoms with E-state index in [1.165, 1.54) is 0 Å². The zero-order valence-corrected chi connectivity index (χ0v) is 5.85. The molecule has 0 unspecified atom stereocenters. The molecule has 0 bridgehead atoms. The van der Waals surface area contributed by atoms with Crippen molar-refractivity contribution >= 4 is 21.8 Å². The van der Waals surface area contributed by atoms with Crippen LogP contribution in [0.5, 0.6) is 0 Å². The molecule has 0 aromatic rings. The monoisotopic (exact) mass is 179 g/mol. The Kier molecular flexibility index (Phi) is 4.75. The van der Waals surface area contributed by atoms with Crippen molar-refractivity contribution in [2.45, 2.75) is 12.8 Å². The van der Waals surface area contributed by atoms with Crippen LogP contribution in [0.2, 0.25) is 0 Å². The highest BCUT2D eigenvalue weighted by Crippen LogP contribution is 1.94. The fourth-order valence-corrected chi connectivity index (χ4v) is 0.544. The molecule has 0 N–H and O–H groups in total. The van der Waals surface area contributed by atoms with Crippen LogP contribution in [-0.2, 0) is 4.79 Å². The van der Waals surface area contributed by atoms with E-state index in [9.17, 15) is 9.70 Å². The molecule has 4 heteroatoms. The van der Waals surface area contributed by atoms with Gasteiger partial charge in [-0.15, -0.1) is 4.91 Å². The molecule has 46 valence electrons. The Hall–Kier alpha value is -0.250. The van der Waals surface area contributed by atoms with Crippen molar-refractivity contribution in [2.75, 3.05) is 5.33 Å². The zero-order valence-electron chi connectivity index (χ0n) is 4.26. The predicted molar refractivity (Wildman–Crippen MR) is 33.8 cm³/mol. The lowest BCUT2D eigenvalue weighted by atomic mass is 10.3. The van der Waals surface area contributed by atoms with Gasteiger partial charge in [-0.25, -0.2) is 0 Å². The van der Waals surface area contributed by atoms with E-state index in [4.69, 9.17) is 0 Å². The third-order valence-electron chi connectivity index (χ3n) is 0.626. The van der Waals surface area contributed by atoms with Gasteiger partial charge in [-0.05, 0) is 6.42 Å². The molecule has 0 aliphatic carbocycles. The van der Waals surface area contributed by atoms with Gasteiger partial charge in [-0.1, -0.05) is 15.9 Å². The molecule has 0 rings (SSSR count). The van der Waals surface area contributed by atoms with Gasteiger partial charge in [0.15, 0.2) is 0 Å². The molecule has 0 saturated heterocycles. The lowest BCUT2D eigenvalue weighted by Gasteiger charge is -1.83. The fraction of sp³-hybridized carbons (Fsp3) is 0.750. The van der Waals surface area contributed by atoms with Crippen LogP contribution in [0, 0.1) is 4.91 Å². The minimum absolute atomic E-state index is 0.259. The highest BCUT2D eigenvalue weighted by atomic mass is 79.9. The maximum atomic E-state index is 10.1. The lowest BCUT2D eigenvalue weighted by molar-refractivity contribution is -0.117. The molecule has 0 radical (unpaired) electrons. The van der Waals surface area contributed by atoms with E-state index >= 15 is 0 Å². The van der Waals surface area contributed by atoms with Crippen LogP contribution >= 0.6 is 15.9 Å². The molecule has 0 aliphatic rings. The van der Waals surface area contributed by atoms with Gasteiger partial charge in [0.25, 0.3) is 5.91 Å². The first-order valence-electron chi connectivity index (χ1n) is 2.23. The average molecular weight is 180 g/mol. The highest BCUT2D eigenvalue weighted by molar-refractivity contribution is 9.09. The van der Waals surface area contributed by atoms with Crippen LogP contribution in [0.1, 0.15) is 12.8 Å². The van der Waals surface area contributed by atoms with Crippen molar-refractivity contribution in [3.63, 3.8) is 0 Å². The summed E-state index contributed by atoms with van der Waals surface area (Å²) in [4.78, 5) is 19.5. The quantitative estimate of drug-likeness (QED) is 0.487. The number of alkyl halides is 1. The Morgan fingerprint density at radius 3 is 2.62 bits per heavy atom. The van der Waals surface area contributed by atoms with E-state index in [0.717, 1.165) is 5.33 Å². The molecule has 1 amide bonds. The van der Waals surface area contributed by atoms with Crippen molar-refractivity contribution in [3.8, 4) is 0 Å². The summed E-state index contributed by atoms with van der Waals surface area (Å²) in [6.07, 6.45) is 0.944. The molecule has 0 aromatic carbocycles. The van der Waals surface area contributed by atoms with Crippen LogP contribution in [0.3, 0.4) is 0 Å². The molecule has 0 aliphatic heterocycles. The summed E-state index contributed by atoms with van der Waals surface area (Å²) in [5.74, 6) is -0.565. The van der Waals surface area contributed by atoms with Gasteiger partial charge < -0.3 is 0 Å². The lowest BCUT2D eigenvalue weighted by Crippen LogP contribution is -1.90. The van der Waals surface area contributed by atoms with Gasteiger partial charge in [-0.2, -0.15) is 0 Å². The predicted octanol–water partition coefficient (Wildman–Crippen LogP) is 1.45. The minimum Gasteiger partial charge on any atom is -0.269 e.